The van der Waals surface area contributed by atoms with E-state index in [-0.39, 0.29) is 23.4 Å². The van der Waals surface area contributed by atoms with Crippen molar-refractivity contribution in [3.05, 3.63) is 32.6 Å². The second kappa shape index (κ2) is 6.55. The first-order valence-electron chi connectivity index (χ1n) is 7.30. The Morgan fingerprint density at radius 2 is 2.14 bits per heavy atom. The van der Waals surface area contributed by atoms with Gasteiger partial charge in [0.05, 0.1) is 12.7 Å². The molecule has 7 nitrogen and oxygen atoms in total. The summed E-state index contributed by atoms with van der Waals surface area (Å²) < 4.78 is 13.8. The molecule has 1 aliphatic rings. The van der Waals surface area contributed by atoms with Gasteiger partial charge in [0.15, 0.2) is 0 Å². The average molecular weight is 297 g/mol. The average Bonchev–Trinajstić information content (AvgIpc) is 2.82. The lowest BCUT2D eigenvalue weighted by Crippen LogP contribution is -2.41. The Morgan fingerprint density at radius 3 is 2.76 bits per heavy atom. The molecular formula is C14H23N3O4. The van der Waals surface area contributed by atoms with Crippen molar-refractivity contribution in [3.63, 3.8) is 0 Å². The highest BCUT2D eigenvalue weighted by Gasteiger charge is 2.34. The lowest BCUT2D eigenvalue weighted by Gasteiger charge is -2.18. The number of rotatable bonds is 5. The molecule has 0 bridgehead atoms. The summed E-state index contributed by atoms with van der Waals surface area (Å²) >= 11 is 0. The van der Waals surface area contributed by atoms with Crippen LogP contribution in [0.3, 0.4) is 0 Å². The van der Waals surface area contributed by atoms with Gasteiger partial charge in [-0.2, -0.15) is 0 Å². The van der Waals surface area contributed by atoms with E-state index in [0.29, 0.717) is 31.7 Å². The Kier molecular flexibility index (Phi) is 4.97. The molecule has 1 aliphatic heterocycles. The third-order valence-electron chi connectivity index (χ3n) is 3.76. The highest BCUT2D eigenvalue weighted by molar-refractivity contribution is 5.04. The van der Waals surface area contributed by atoms with Crippen molar-refractivity contribution < 1.29 is 9.47 Å². The Labute approximate surface area is 123 Å². The van der Waals surface area contributed by atoms with Crippen LogP contribution >= 0.6 is 0 Å². The third kappa shape index (κ3) is 3.09. The van der Waals surface area contributed by atoms with Gasteiger partial charge in [-0.3, -0.25) is 13.9 Å². The van der Waals surface area contributed by atoms with Crippen LogP contribution in [0.5, 0.6) is 0 Å². The third-order valence-corrected chi connectivity index (χ3v) is 3.76. The van der Waals surface area contributed by atoms with E-state index >= 15 is 0 Å². The van der Waals surface area contributed by atoms with Crippen LogP contribution in [0, 0.1) is 6.92 Å². The van der Waals surface area contributed by atoms with Gasteiger partial charge >= 0.3 is 5.69 Å². The van der Waals surface area contributed by atoms with Gasteiger partial charge in [0.1, 0.15) is 6.23 Å². The second-order valence-electron chi connectivity index (χ2n) is 5.24. The minimum absolute atomic E-state index is 0.184. The summed E-state index contributed by atoms with van der Waals surface area (Å²) in [5, 5.41) is 0. The summed E-state index contributed by atoms with van der Waals surface area (Å²) in [5.41, 5.74) is 5.95. The standard InChI is InChI=1S/C14H23N3O4/c1-4-16-13(18)9(3)7-17(14(16)19)12-6-10(15)11(21-12)8-20-5-2/h7,10-12H,4-6,8,15H2,1-3H3/t10?,11-,12-/m1/s1. The van der Waals surface area contributed by atoms with Gasteiger partial charge in [0.25, 0.3) is 5.56 Å². The first-order valence-corrected chi connectivity index (χ1v) is 7.30. The van der Waals surface area contributed by atoms with Crippen LogP contribution in [-0.2, 0) is 16.0 Å². The van der Waals surface area contributed by atoms with E-state index in [1.54, 1.807) is 20.0 Å². The number of nitrogens with zero attached hydrogens (tertiary/aromatic N) is 2. The monoisotopic (exact) mass is 297 g/mol. The molecule has 1 unspecified atom stereocenters. The Bertz CT molecular complexity index is 607. The maximum Gasteiger partial charge on any atom is 0.333 e. The Hall–Kier alpha value is -1.44. The van der Waals surface area contributed by atoms with Crippen molar-refractivity contribution in [2.75, 3.05) is 13.2 Å². The fraction of sp³-hybridized carbons (Fsp3) is 0.714. The molecule has 1 saturated heterocycles. The predicted octanol–water partition coefficient (Wildman–Crippen LogP) is -0.0104. The molecule has 7 heteroatoms. The van der Waals surface area contributed by atoms with Crippen LogP contribution in [0.25, 0.3) is 0 Å². The summed E-state index contributed by atoms with van der Waals surface area (Å²) in [6.07, 6.45) is 1.40. The summed E-state index contributed by atoms with van der Waals surface area (Å²) in [6.45, 7) is 6.71. The molecule has 1 fully saturated rings. The number of nitrogens with two attached hydrogens (primary N) is 1. The van der Waals surface area contributed by atoms with Crippen LogP contribution in [-0.4, -0.2) is 34.5 Å². The van der Waals surface area contributed by atoms with Crippen LogP contribution in [0.2, 0.25) is 0 Å². The number of aromatic nitrogens is 2. The minimum Gasteiger partial charge on any atom is -0.379 e. The summed E-state index contributed by atoms with van der Waals surface area (Å²) in [6, 6.07) is -0.184. The predicted molar refractivity (Wildman–Crippen MR) is 78.4 cm³/mol. The van der Waals surface area contributed by atoms with Crippen molar-refractivity contribution in [2.45, 2.75) is 52.1 Å². The minimum atomic E-state index is -0.449. The molecule has 118 valence electrons. The van der Waals surface area contributed by atoms with Crippen molar-refractivity contribution in [1.82, 2.24) is 9.13 Å². The van der Waals surface area contributed by atoms with Gasteiger partial charge in [-0.15, -0.1) is 0 Å². The molecule has 0 amide bonds. The molecule has 2 rings (SSSR count). The molecule has 1 aromatic rings. The van der Waals surface area contributed by atoms with Crippen molar-refractivity contribution >= 4 is 0 Å². The molecule has 2 N–H and O–H groups in total. The molecular weight excluding hydrogens is 274 g/mol. The van der Waals surface area contributed by atoms with Crippen molar-refractivity contribution in [1.29, 1.82) is 0 Å². The topological polar surface area (TPSA) is 88.5 Å². The summed E-state index contributed by atoms with van der Waals surface area (Å²) in [4.78, 5) is 24.3. The molecule has 0 aromatic carbocycles. The molecule has 21 heavy (non-hydrogen) atoms. The van der Waals surface area contributed by atoms with Crippen LogP contribution in [0.4, 0.5) is 0 Å². The van der Waals surface area contributed by atoms with Crippen LogP contribution < -0.4 is 17.0 Å². The van der Waals surface area contributed by atoms with Gasteiger partial charge in [-0.25, -0.2) is 4.79 Å². The molecule has 1 aromatic heterocycles. The number of aryl methyl sites for hydroxylation is 1. The molecule has 3 atom stereocenters. The van der Waals surface area contributed by atoms with E-state index in [2.05, 4.69) is 0 Å². The van der Waals surface area contributed by atoms with Crippen LogP contribution in [0.1, 0.15) is 32.1 Å². The Morgan fingerprint density at radius 1 is 1.43 bits per heavy atom. The number of hydrogen-bond donors (Lipinski definition) is 1. The summed E-state index contributed by atoms with van der Waals surface area (Å²) in [7, 11) is 0. The van der Waals surface area contributed by atoms with E-state index in [9.17, 15) is 9.59 Å². The fourth-order valence-corrected chi connectivity index (χ4v) is 2.56. The zero-order valence-electron chi connectivity index (χ0n) is 12.7. The quantitative estimate of drug-likeness (QED) is 0.826. The van der Waals surface area contributed by atoms with E-state index in [1.165, 1.54) is 9.13 Å². The van der Waals surface area contributed by atoms with Gasteiger partial charge in [0, 0.05) is 37.4 Å². The molecule has 0 aliphatic carbocycles. The van der Waals surface area contributed by atoms with Gasteiger partial charge in [-0.1, -0.05) is 0 Å². The second-order valence-corrected chi connectivity index (χ2v) is 5.24. The lowest BCUT2D eigenvalue weighted by atomic mass is 10.1. The van der Waals surface area contributed by atoms with Crippen molar-refractivity contribution in [3.8, 4) is 0 Å². The maximum absolute atomic E-state index is 12.4. The van der Waals surface area contributed by atoms with Gasteiger partial charge < -0.3 is 15.2 Å². The van der Waals surface area contributed by atoms with E-state index < -0.39 is 6.23 Å². The summed E-state index contributed by atoms with van der Waals surface area (Å²) in [5.74, 6) is 0. The smallest absolute Gasteiger partial charge is 0.333 e. The first-order chi connectivity index (χ1) is 9.99. The number of ether oxygens (including phenoxy) is 2. The maximum atomic E-state index is 12.4. The highest BCUT2D eigenvalue weighted by atomic mass is 16.6. The van der Waals surface area contributed by atoms with E-state index in [4.69, 9.17) is 15.2 Å². The highest BCUT2D eigenvalue weighted by Crippen LogP contribution is 2.26. The zero-order valence-corrected chi connectivity index (χ0v) is 12.7. The molecule has 0 spiro atoms. The van der Waals surface area contributed by atoms with E-state index in [1.807, 2.05) is 6.92 Å². The zero-order chi connectivity index (χ0) is 15.6. The molecule has 2 heterocycles. The van der Waals surface area contributed by atoms with Gasteiger partial charge in [0.2, 0.25) is 0 Å². The SMILES string of the molecule is CCOC[C@H]1O[C@@H](n2cc(C)c(=O)n(CC)c2=O)CC1N. The van der Waals surface area contributed by atoms with Crippen LogP contribution in [0.15, 0.2) is 15.8 Å². The van der Waals surface area contributed by atoms with Crippen molar-refractivity contribution in [2.24, 2.45) is 5.73 Å². The number of hydrogen-bond acceptors (Lipinski definition) is 5. The fourth-order valence-electron chi connectivity index (χ4n) is 2.56. The largest absolute Gasteiger partial charge is 0.379 e. The Balaban J connectivity index is 2.30. The molecule has 0 saturated carbocycles. The molecule has 0 radical (unpaired) electrons. The first kappa shape index (κ1) is 15.9. The normalized spacial score (nSPS) is 25.4. The van der Waals surface area contributed by atoms with E-state index in [0.717, 1.165) is 0 Å². The lowest BCUT2D eigenvalue weighted by molar-refractivity contribution is -0.0439. The van der Waals surface area contributed by atoms with Gasteiger partial charge in [-0.05, 0) is 20.8 Å².